The zero-order valence-electron chi connectivity index (χ0n) is 5.47. The van der Waals surface area contributed by atoms with Gasteiger partial charge in [-0.2, -0.15) is 0 Å². The molecule has 0 fully saturated rings. The van der Waals surface area contributed by atoms with Gasteiger partial charge in [-0.05, 0) is 13.0 Å². The SMILES string of the molecule is CCCCCCN.[Ar]. The molecule has 8 heavy (non-hydrogen) atoms. The fourth-order valence-electron chi connectivity index (χ4n) is 0.571. The van der Waals surface area contributed by atoms with Gasteiger partial charge in [0.1, 0.15) is 0 Å². The van der Waals surface area contributed by atoms with Gasteiger partial charge in [-0.3, -0.25) is 0 Å². The van der Waals surface area contributed by atoms with Gasteiger partial charge >= 0.3 is 0 Å². The van der Waals surface area contributed by atoms with E-state index in [2.05, 4.69) is 6.92 Å². The Bertz CT molecular complexity index is 27.7. The summed E-state index contributed by atoms with van der Waals surface area (Å²) in [4.78, 5) is 0. The fourth-order valence-corrected chi connectivity index (χ4v) is 0.571. The molecule has 1 nitrogen and oxygen atoms in total. The van der Waals surface area contributed by atoms with Gasteiger partial charge in [-0.1, -0.05) is 26.2 Å². The third-order valence-corrected chi connectivity index (χ3v) is 1.06. The van der Waals surface area contributed by atoms with Crippen molar-refractivity contribution in [3.8, 4) is 0 Å². The third kappa shape index (κ3) is 10.3. The van der Waals surface area contributed by atoms with E-state index in [1.807, 2.05) is 0 Å². The molecule has 0 rings (SSSR count). The van der Waals surface area contributed by atoms with Crippen molar-refractivity contribution >= 4 is 0 Å². The molecule has 0 saturated carbocycles. The molecule has 0 radical (unpaired) electrons. The first kappa shape index (κ1) is 12.0. The van der Waals surface area contributed by atoms with E-state index < -0.39 is 0 Å². The van der Waals surface area contributed by atoms with Crippen LogP contribution >= 0.6 is 0 Å². The summed E-state index contributed by atoms with van der Waals surface area (Å²) in [5.41, 5.74) is 5.27. The zero-order valence-corrected chi connectivity index (χ0v) is 6.17. The predicted molar refractivity (Wildman–Crippen MR) is 33.2 cm³/mol. The molecule has 0 spiro atoms. The Balaban J connectivity index is 0. The van der Waals surface area contributed by atoms with E-state index in [-0.39, 0.29) is 37.7 Å². The smallest absolute Gasteiger partial charge is 0 e. The summed E-state index contributed by atoms with van der Waals surface area (Å²) in [6, 6.07) is 0. The summed E-state index contributed by atoms with van der Waals surface area (Å²) >= 11 is 0. The molecule has 2 N–H and O–H groups in total. The Morgan fingerprint density at radius 3 is 2.12 bits per heavy atom. The fraction of sp³-hybridized carbons (Fsp3) is 1.00. The van der Waals surface area contributed by atoms with Gasteiger partial charge in [0.2, 0.25) is 0 Å². The van der Waals surface area contributed by atoms with Crippen molar-refractivity contribution < 1.29 is 37.7 Å². The average molecular weight is 141 g/mol. The van der Waals surface area contributed by atoms with Crippen LogP contribution in [0.25, 0.3) is 0 Å². The van der Waals surface area contributed by atoms with Crippen molar-refractivity contribution in [2.75, 3.05) is 6.54 Å². The molecule has 0 aromatic carbocycles. The van der Waals surface area contributed by atoms with Crippen LogP contribution in [0.2, 0.25) is 0 Å². The quantitative estimate of drug-likeness (QED) is 0.590. The molecule has 0 aliphatic rings. The molecule has 0 aromatic rings. The first-order valence-corrected chi connectivity index (χ1v) is 3.12. The van der Waals surface area contributed by atoms with Crippen molar-refractivity contribution in [3.05, 3.63) is 0 Å². The number of hydrogen-bond donors (Lipinski definition) is 1. The summed E-state index contributed by atoms with van der Waals surface area (Å²) in [5, 5.41) is 0. The van der Waals surface area contributed by atoms with Crippen LogP contribution in [0.3, 0.4) is 0 Å². The van der Waals surface area contributed by atoms with Gasteiger partial charge in [0.25, 0.3) is 0 Å². The first-order chi connectivity index (χ1) is 3.41. The van der Waals surface area contributed by atoms with Gasteiger partial charge in [-0.25, -0.2) is 0 Å². The Kier molecular flexibility index (Phi) is 16.5. The van der Waals surface area contributed by atoms with E-state index >= 15 is 0 Å². The minimum Gasteiger partial charge on any atom is -0.330 e. The number of unbranched alkanes of at least 4 members (excludes halogenated alkanes) is 3. The van der Waals surface area contributed by atoms with Gasteiger partial charge in [0.15, 0.2) is 0 Å². The molecule has 0 saturated heterocycles. The van der Waals surface area contributed by atoms with E-state index in [1.165, 1.54) is 25.7 Å². The number of nitrogens with two attached hydrogens (primary N) is 1. The molecule has 0 heterocycles. The number of hydrogen-bond acceptors (Lipinski definition) is 1. The van der Waals surface area contributed by atoms with E-state index in [0.717, 1.165) is 6.54 Å². The van der Waals surface area contributed by atoms with Crippen LogP contribution in [0.4, 0.5) is 0 Å². The second kappa shape index (κ2) is 11.1. The van der Waals surface area contributed by atoms with Gasteiger partial charge in [0, 0.05) is 37.7 Å². The van der Waals surface area contributed by atoms with Crippen LogP contribution < -0.4 is 5.73 Å². The van der Waals surface area contributed by atoms with E-state index in [4.69, 9.17) is 5.73 Å². The Hall–Kier alpha value is 1.22. The Morgan fingerprint density at radius 2 is 1.75 bits per heavy atom. The predicted octanol–water partition coefficient (Wildman–Crippen LogP) is 1.53. The van der Waals surface area contributed by atoms with E-state index in [1.54, 1.807) is 0 Å². The second-order valence-electron chi connectivity index (χ2n) is 1.85. The summed E-state index contributed by atoms with van der Waals surface area (Å²) in [6.07, 6.45) is 5.16. The van der Waals surface area contributed by atoms with Crippen LogP contribution in [0.5, 0.6) is 0 Å². The maximum atomic E-state index is 5.27. The summed E-state index contributed by atoms with van der Waals surface area (Å²) in [5.74, 6) is 0. The molecule has 0 atom stereocenters. The molecular weight excluding hydrogens is 126 g/mol. The third-order valence-electron chi connectivity index (χ3n) is 1.06. The maximum absolute atomic E-state index is 5.27. The Labute approximate surface area is 82.0 Å². The maximum Gasteiger partial charge on any atom is 0 e. The molecule has 0 aromatic heterocycles. The summed E-state index contributed by atoms with van der Waals surface area (Å²) < 4.78 is 0. The van der Waals surface area contributed by atoms with Crippen LogP contribution in [-0.4, -0.2) is 6.54 Å². The Morgan fingerprint density at radius 1 is 1.12 bits per heavy atom. The standard InChI is InChI=1S/C6H15N.Ar/c1-2-3-4-5-6-7;/h2-7H2,1H3;. The van der Waals surface area contributed by atoms with Crippen LogP contribution in [-0.2, 0) is 0 Å². The van der Waals surface area contributed by atoms with Crippen molar-refractivity contribution in [2.45, 2.75) is 32.6 Å². The first-order valence-electron chi connectivity index (χ1n) is 3.12. The van der Waals surface area contributed by atoms with E-state index in [9.17, 15) is 0 Å². The van der Waals surface area contributed by atoms with Crippen molar-refractivity contribution in [1.82, 2.24) is 0 Å². The topological polar surface area (TPSA) is 26.0 Å². The van der Waals surface area contributed by atoms with Crippen LogP contribution in [0.1, 0.15) is 32.6 Å². The second-order valence-corrected chi connectivity index (χ2v) is 1.85. The molecular formula is C6H15ArN. The van der Waals surface area contributed by atoms with Crippen LogP contribution in [0, 0.1) is 37.7 Å². The van der Waals surface area contributed by atoms with Gasteiger partial charge in [0.05, 0.1) is 0 Å². The summed E-state index contributed by atoms with van der Waals surface area (Å²) in [6.45, 7) is 3.07. The molecule has 52 valence electrons. The molecule has 0 aliphatic carbocycles. The molecule has 0 amide bonds. The molecule has 0 bridgehead atoms. The van der Waals surface area contributed by atoms with E-state index in [0.29, 0.717) is 0 Å². The normalized spacial score (nSPS) is 8.25. The van der Waals surface area contributed by atoms with Crippen LogP contribution in [0.15, 0.2) is 0 Å². The van der Waals surface area contributed by atoms with Crippen molar-refractivity contribution in [3.63, 3.8) is 0 Å². The zero-order chi connectivity index (χ0) is 5.54. The average Bonchev–Trinajstić information content (AvgIpc) is 1.69. The number of rotatable bonds is 4. The molecule has 0 unspecified atom stereocenters. The summed E-state index contributed by atoms with van der Waals surface area (Å²) in [7, 11) is 0. The largest absolute Gasteiger partial charge is 0.330 e. The van der Waals surface area contributed by atoms with Gasteiger partial charge < -0.3 is 5.73 Å². The van der Waals surface area contributed by atoms with Gasteiger partial charge in [-0.15, -0.1) is 0 Å². The van der Waals surface area contributed by atoms with Crippen molar-refractivity contribution in [1.29, 1.82) is 0 Å². The minimum absolute atomic E-state index is 0. The molecule has 2 heteroatoms. The monoisotopic (exact) mass is 141 g/mol. The minimum atomic E-state index is 0. The molecule has 0 aliphatic heterocycles. The van der Waals surface area contributed by atoms with Crippen molar-refractivity contribution in [2.24, 2.45) is 5.73 Å².